The van der Waals surface area contributed by atoms with Gasteiger partial charge in [-0.3, -0.25) is 0 Å². The maximum Gasteiger partial charge on any atom is 0.196 e. The van der Waals surface area contributed by atoms with Crippen molar-refractivity contribution in [2.24, 2.45) is 0 Å². The van der Waals surface area contributed by atoms with Crippen molar-refractivity contribution >= 4 is 0 Å². The van der Waals surface area contributed by atoms with Crippen molar-refractivity contribution in [3.8, 4) is 17.1 Å². The summed E-state index contributed by atoms with van der Waals surface area (Å²) < 4.78 is 24.7. The van der Waals surface area contributed by atoms with E-state index in [0.29, 0.717) is 35.4 Å². The first-order valence-electron chi connectivity index (χ1n) is 6.79. The van der Waals surface area contributed by atoms with Crippen LogP contribution in [0.4, 0.5) is 4.39 Å². The van der Waals surface area contributed by atoms with E-state index in [0.717, 1.165) is 6.54 Å². The van der Waals surface area contributed by atoms with Gasteiger partial charge in [-0.05, 0) is 25.0 Å². The summed E-state index contributed by atoms with van der Waals surface area (Å²) >= 11 is 0. The predicted octanol–water partition coefficient (Wildman–Crippen LogP) is 2.78. The molecule has 3 rings (SSSR count). The van der Waals surface area contributed by atoms with Crippen molar-refractivity contribution in [1.29, 1.82) is 0 Å². The molecule has 1 aliphatic carbocycles. The molecule has 0 radical (unpaired) electrons. The predicted molar refractivity (Wildman–Crippen MR) is 73.2 cm³/mol. The van der Waals surface area contributed by atoms with Gasteiger partial charge in [-0.2, -0.15) is 0 Å². The van der Waals surface area contributed by atoms with Crippen LogP contribution in [-0.4, -0.2) is 24.7 Å². The first-order chi connectivity index (χ1) is 9.78. The van der Waals surface area contributed by atoms with Gasteiger partial charge in [0.1, 0.15) is 11.6 Å². The molecule has 1 aromatic heterocycles. The van der Waals surface area contributed by atoms with Crippen LogP contribution in [0.25, 0.3) is 11.3 Å². The number of ether oxygens (including phenoxy) is 1. The van der Waals surface area contributed by atoms with Gasteiger partial charge in [0.2, 0.25) is 0 Å². The van der Waals surface area contributed by atoms with E-state index >= 15 is 0 Å². The topological polar surface area (TPSA) is 47.3 Å². The Morgan fingerprint density at radius 3 is 3.05 bits per heavy atom. The Hall–Kier alpha value is -1.88. The number of methoxy groups -OCH3 is 1. The van der Waals surface area contributed by atoms with E-state index in [1.165, 1.54) is 26.0 Å². The molecule has 106 valence electrons. The fourth-order valence-corrected chi connectivity index (χ4v) is 2.13. The van der Waals surface area contributed by atoms with Gasteiger partial charge in [-0.25, -0.2) is 9.37 Å². The molecule has 1 fully saturated rings. The molecule has 0 saturated heterocycles. The summed E-state index contributed by atoms with van der Waals surface area (Å²) in [4.78, 5) is 4.20. The lowest BCUT2D eigenvalue weighted by Crippen LogP contribution is -2.19. The van der Waals surface area contributed by atoms with E-state index in [1.54, 1.807) is 18.3 Å². The third kappa shape index (κ3) is 2.82. The highest BCUT2D eigenvalue weighted by molar-refractivity contribution is 5.65. The standard InChI is InChI=1S/C15H17FN2O2/c1-19-12-4-2-3-11(16)15(12)13-9-18-14(20-13)7-8-17-10-5-6-10/h2-4,9-10,17H,5-8H2,1H3. The first-order valence-corrected chi connectivity index (χ1v) is 6.79. The number of nitrogens with zero attached hydrogens (tertiary/aromatic N) is 1. The van der Waals surface area contributed by atoms with Crippen molar-refractivity contribution in [3.63, 3.8) is 0 Å². The Morgan fingerprint density at radius 1 is 1.45 bits per heavy atom. The molecule has 0 atom stereocenters. The monoisotopic (exact) mass is 276 g/mol. The molecular weight excluding hydrogens is 259 g/mol. The molecule has 1 aromatic carbocycles. The molecule has 4 nitrogen and oxygen atoms in total. The lowest BCUT2D eigenvalue weighted by atomic mass is 10.1. The smallest absolute Gasteiger partial charge is 0.196 e. The molecule has 0 amide bonds. The van der Waals surface area contributed by atoms with Crippen LogP contribution in [0, 0.1) is 5.82 Å². The first kappa shape index (κ1) is 13.1. The lowest BCUT2D eigenvalue weighted by Gasteiger charge is -2.06. The summed E-state index contributed by atoms with van der Waals surface area (Å²) in [5, 5.41) is 3.39. The molecule has 1 N–H and O–H groups in total. The van der Waals surface area contributed by atoms with E-state index in [9.17, 15) is 4.39 Å². The van der Waals surface area contributed by atoms with Crippen LogP contribution in [0.15, 0.2) is 28.8 Å². The molecule has 5 heteroatoms. The maximum absolute atomic E-state index is 13.9. The number of hydrogen-bond donors (Lipinski definition) is 1. The molecule has 1 aliphatic rings. The molecule has 1 heterocycles. The second-order valence-electron chi connectivity index (χ2n) is 4.91. The van der Waals surface area contributed by atoms with Crippen molar-refractivity contribution in [2.45, 2.75) is 25.3 Å². The molecule has 0 aliphatic heterocycles. The third-order valence-electron chi connectivity index (χ3n) is 3.34. The van der Waals surface area contributed by atoms with Gasteiger partial charge in [0.05, 0.1) is 18.9 Å². The van der Waals surface area contributed by atoms with Crippen LogP contribution in [0.1, 0.15) is 18.7 Å². The number of aromatic nitrogens is 1. The van der Waals surface area contributed by atoms with Gasteiger partial charge in [0, 0.05) is 19.0 Å². The lowest BCUT2D eigenvalue weighted by molar-refractivity contribution is 0.410. The Labute approximate surface area is 117 Å². The van der Waals surface area contributed by atoms with Crippen LogP contribution >= 0.6 is 0 Å². The molecule has 1 saturated carbocycles. The molecule has 0 unspecified atom stereocenters. The minimum atomic E-state index is -0.372. The number of hydrogen-bond acceptors (Lipinski definition) is 4. The van der Waals surface area contributed by atoms with Crippen LogP contribution in [0.3, 0.4) is 0 Å². The quantitative estimate of drug-likeness (QED) is 0.881. The summed E-state index contributed by atoms with van der Waals surface area (Å²) in [7, 11) is 1.51. The average Bonchev–Trinajstić information content (AvgIpc) is 3.16. The fourth-order valence-electron chi connectivity index (χ4n) is 2.13. The zero-order valence-corrected chi connectivity index (χ0v) is 11.4. The van der Waals surface area contributed by atoms with Gasteiger partial charge in [0.25, 0.3) is 0 Å². The molecule has 20 heavy (non-hydrogen) atoms. The third-order valence-corrected chi connectivity index (χ3v) is 3.34. The Morgan fingerprint density at radius 2 is 2.30 bits per heavy atom. The minimum Gasteiger partial charge on any atom is -0.496 e. The highest BCUT2D eigenvalue weighted by atomic mass is 19.1. The molecular formula is C15H17FN2O2. The number of rotatable bonds is 6. The fraction of sp³-hybridized carbons (Fsp3) is 0.400. The summed E-state index contributed by atoms with van der Waals surface area (Å²) in [6.07, 6.45) is 4.76. The minimum absolute atomic E-state index is 0.323. The zero-order chi connectivity index (χ0) is 13.9. The van der Waals surface area contributed by atoms with Crippen LogP contribution in [0.5, 0.6) is 5.75 Å². The molecule has 0 bridgehead atoms. The summed E-state index contributed by atoms with van der Waals surface area (Å²) in [5.41, 5.74) is 0.323. The van der Waals surface area contributed by atoms with Gasteiger partial charge in [0.15, 0.2) is 11.7 Å². The van der Waals surface area contributed by atoms with E-state index in [4.69, 9.17) is 9.15 Å². The normalized spacial score (nSPS) is 14.5. The van der Waals surface area contributed by atoms with Gasteiger partial charge in [-0.1, -0.05) is 6.07 Å². The number of oxazole rings is 1. The Bertz CT molecular complexity index is 593. The van der Waals surface area contributed by atoms with Crippen LogP contribution < -0.4 is 10.1 Å². The number of benzene rings is 1. The van der Waals surface area contributed by atoms with Crippen molar-refractivity contribution in [3.05, 3.63) is 36.1 Å². The van der Waals surface area contributed by atoms with E-state index in [-0.39, 0.29) is 5.82 Å². The Kier molecular flexibility index (Phi) is 3.69. The highest BCUT2D eigenvalue weighted by Gasteiger charge is 2.20. The number of nitrogens with one attached hydrogen (secondary N) is 1. The highest BCUT2D eigenvalue weighted by Crippen LogP contribution is 2.32. The van der Waals surface area contributed by atoms with Crippen LogP contribution in [-0.2, 0) is 6.42 Å². The van der Waals surface area contributed by atoms with Crippen molar-refractivity contribution in [2.75, 3.05) is 13.7 Å². The second kappa shape index (κ2) is 5.63. The van der Waals surface area contributed by atoms with Crippen molar-refractivity contribution < 1.29 is 13.5 Å². The van der Waals surface area contributed by atoms with Gasteiger partial charge >= 0.3 is 0 Å². The van der Waals surface area contributed by atoms with E-state index in [2.05, 4.69) is 10.3 Å². The SMILES string of the molecule is COc1cccc(F)c1-c1cnc(CCNC2CC2)o1. The van der Waals surface area contributed by atoms with Gasteiger partial charge in [-0.15, -0.1) is 0 Å². The van der Waals surface area contributed by atoms with Crippen LogP contribution in [0.2, 0.25) is 0 Å². The van der Waals surface area contributed by atoms with E-state index in [1.807, 2.05) is 0 Å². The zero-order valence-electron chi connectivity index (χ0n) is 11.4. The maximum atomic E-state index is 13.9. The van der Waals surface area contributed by atoms with Gasteiger partial charge < -0.3 is 14.5 Å². The second-order valence-corrected chi connectivity index (χ2v) is 4.91. The largest absolute Gasteiger partial charge is 0.496 e. The van der Waals surface area contributed by atoms with Crippen molar-refractivity contribution in [1.82, 2.24) is 10.3 Å². The average molecular weight is 276 g/mol. The molecule has 0 spiro atoms. The summed E-state index contributed by atoms with van der Waals surface area (Å²) in [6, 6.07) is 5.36. The molecule has 2 aromatic rings. The number of halogens is 1. The van der Waals surface area contributed by atoms with E-state index < -0.39 is 0 Å². The summed E-state index contributed by atoms with van der Waals surface area (Å²) in [6.45, 7) is 0.832. The summed E-state index contributed by atoms with van der Waals surface area (Å²) in [5.74, 6) is 1.09. The Balaban J connectivity index is 1.75.